The summed E-state index contributed by atoms with van der Waals surface area (Å²) in [5.74, 6) is -0.237. The van der Waals surface area contributed by atoms with Gasteiger partial charge in [0.05, 0.1) is 30.0 Å². The number of piperazine rings is 1. The van der Waals surface area contributed by atoms with E-state index in [-0.39, 0.29) is 36.3 Å². The highest BCUT2D eigenvalue weighted by Crippen LogP contribution is 2.55. The van der Waals surface area contributed by atoms with Crippen LogP contribution in [0.2, 0.25) is 0 Å². The standard InChI is InChI=1S/C21H28N4O4.CH3NO2/c1-10-16(22-13-7-24-5-3-11(13)4-6-24)19(28)15-12(9-26)21(29-2)20-14(23-20)8-25(21)17(15)18(10)27;2-1(3)4/h11-14,20,22-23,26H,3-9H2,1-2H3;2H2,(H,3,4). The fourth-order valence-electron chi connectivity index (χ4n) is 6.63. The molecule has 1 amide bonds. The number of nitrogens with zero attached hydrogens (tertiary/aromatic N) is 2. The minimum Gasteiger partial charge on any atom is -0.465 e. The molecule has 7 aliphatic rings. The summed E-state index contributed by atoms with van der Waals surface area (Å²) in [5.41, 5.74) is 4.98. The molecule has 7 rings (SSSR count). The zero-order valence-corrected chi connectivity index (χ0v) is 18.8. The first kappa shape index (κ1) is 22.3. The van der Waals surface area contributed by atoms with Crippen molar-refractivity contribution in [3.63, 3.8) is 0 Å². The van der Waals surface area contributed by atoms with Crippen molar-refractivity contribution in [2.75, 3.05) is 39.9 Å². The summed E-state index contributed by atoms with van der Waals surface area (Å²) in [6, 6.07) is 0.479. The minimum absolute atomic E-state index is 0.0365. The number of hydrogen-bond acceptors (Lipinski definition) is 9. The molecule has 6 aliphatic heterocycles. The number of allylic oxidation sites excluding steroid dienone is 2. The Kier molecular flexibility index (Phi) is 5.27. The number of fused-ring (bicyclic) bond motifs is 7. The van der Waals surface area contributed by atoms with Crippen LogP contribution in [0.1, 0.15) is 19.8 Å². The van der Waals surface area contributed by atoms with Gasteiger partial charge in [0.1, 0.15) is 0 Å². The maximum atomic E-state index is 13.7. The molecule has 180 valence electrons. The SMILES string of the molecule is COC12C(CO)C3=C(C(=O)C(C)=C(NC4CN5CCC4CC5)C3=O)N1CC1NC12.NC(=O)O. The number of aliphatic hydroxyl groups excluding tert-OH is 1. The molecule has 0 spiro atoms. The van der Waals surface area contributed by atoms with Crippen molar-refractivity contribution >= 4 is 17.7 Å². The lowest BCUT2D eigenvalue weighted by Gasteiger charge is -2.45. The van der Waals surface area contributed by atoms with Crippen molar-refractivity contribution in [2.24, 2.45) is 17.6 Å². The third-order valence-electron chi connectivity index (χ3n) is 8.20. The van der Waals surface area contributed by atoms with Crippen LogP contribution in [0.15, 0.2) is 22.5 Å². The van der Waals surface area contributed by atoms with Crippen LogP contribution in [0.5, 0.6) is 0 Å². The van der Waals surface area contributed by atoms with Crippen molar-refractivity contribution in [1.29, 1.82) is 0 Å². The average molecular weight is 462 g/mol. The topological polar surface area (TPSA) is 167 Å². The fraction of sp³-hybridized carbons (Fsp3) is 0.682. The first-order valence-corrected chi connectivity index (χ1v) is 11.5. The van der Waals surface area contributed by atoms with Crippen LogP contribution < -0.4 is 16.4 Å². The number of piperidine rings is 3. The molecule has 33 heavy (non-hydrogen) atoms. The van der Waals surface area contributed by atoms with Crippen molar-refractivity contribution < 1.29 is 29.3 Å². The Morgan fingerprint density at radius 3 is 2.48 bits per heavy atom. The lowest BCUT2D eigenvalue weighted by atomic mass is 9.80. The van der Waals surface area contributed by atoms with E-state index in [0.29, 0.717) is 35.0 Å². The van der Waals surface area contributed by atoms with Crippen molar-refractivity contribution in [3.05, 3.63) is 22.5 Å². The molecule has 5 saturated heterocycles. The van der Waals surface area contributed by atoms with Gasteiger partial charge in [-0.05, 0) is 38.8 Å². The molecular weight excluding hydrogens is 430 g/mol. The van der Waals surface area contributed by atoms with Gasteiger partial charge in [0.15, 0.2) is 5.72 Å². The number of hydrogen-bond donors (Lipinski definition) is 5. The van der Waals surface area contributed by atoms with Gasteiger partial charge < -0.3 is 41.1 Å². The predicted octanol–water partition coefficient (Wildman–Crippen LogP) is -1.41. The smallest absolute Gasteiger partial charge is 0.402 e. The number of primary amides is 1. The van der Waals surface area contributed by atoms with Gasteiger partial charge in [-0.3, -0.25) is 9.59 Å². The van der Waals surface area contributed by atoms with Crippen LogP contribution in [-0.2, 0) is 14.3 Å². The molecule has 11 heteroatoms. The Morgan fingerprint density at radius 1 is 1.27 bits per heavy atom. The molecule has 2 bridgehead atoms. The van der Waals surface area contributed by atoms with Gasteiger partial charge in [0.25, 0.3) is 0 Å². The molecule has 0 aromatic carbocycles. The second-order valence-electron chi connectivity index (χ2n) is 9.70. The zero-order valence-electron chi connectivity index (χ0n) is 18.8. The number of amides is 1. The number of ether oxygens (including phenoxy) is 1. The van der Waals surface area contributed by atoms with Crippen LogP contribution in [0, 0.1) is 11.8 Å². The molecular formula is C22H31N5O6. The summed E-state index contributed by atoms with van der Waals surface area (Å²) in [5, 5.41) is 24.3. The number of Topliss-reactive ketones (excluding diaryl/α,β-unsaturated/α-hetero) is 2. The number of methoxy groups -OCH3 is 1. The fourth-order valence-corrected chi connectivity index (χ4v) is 6.63. The number of ketones is 2. The number of carbonyl (C=O) groups excluding carboxylic acids is 2. The lowest BCUT2D eigenvalue weighted by Crippen LogP contribution is -2.56. The highest BCUT2D eigenvalue weighted by molar-refractivity contribution is 6.25. The number of aliphatic hydroxyl groups is 1. The van der Waals surface area contributed by atoms with Gasteiger partial charge in [-0.25, -0.2) is 4.79 Å². The zero-order chi connectivity index (χ0) is 23.7. The van der Waals surface area contributed by atoms with E-state index in [0.717, 1.165) is 32.5 Å². The van der Waals surface area contributed by atoms with Gasteiger partial charge >= 0.3 is 6.09 Å². The van der Waals surface area contributed by atoms with E-state index in [1.165, 1.54) is 0 Å². The average Bonchev–Trinajstić information content (AvgIpc) is 3.41. The largest absolute Gasteiger partial charge is 0.465 e. The molecule has 11 nitrogen and oxygen atoms in total. The summed E-state index contributed by atoms with van der Waals surface area (Å²) in [6.45, 7) is 5.32. The highest BCUT2D eigenvalue weighted by atomic mass is 16.5. The Hall–Kier alpha value is -2.47. The number of carboxylic acid groups (broad SMARTS) is 1. The quantitative estimate of drug-likeness (QED) is 0.248. The van der Waals surface area contributed by atoms with Crippen LogP contribution >= 0.6 is 0 Å². The summed E-state index contributed by atoms with van der Waals surface area (Å²) in [4.78, 5) is 40.2. The Labute approximate surface area is 191 Å². The molecule has 0 aromatic rings. The molecule has 6 N–H and O–H groups in total. The van der Waals surface area contributed by atoms with Crippen LogP contribution in [0.4, 0.5) is 4.79 Å². The second kappa shape index (κ2) is 7.79. The van der Waals surface area contributed by atoms with E-state index >= 15 is 0 Å². The third-order valence-corrected chi connectivity index (χ3v) is 8.20. The van der Waals surface area contributed by atoms with Crippen LogP contribution in [0.25, 0.3) is 0 Å². The summed E-state index contributed by atoms with van der Waals surface area (Å²) < 4.78 is 5.94. The number of rotatable bonds is 4. The van der Waals surface area contributed by atoms with E-state index in [9.17, 15) is 14.7 Å². The molecule has 6 heterocycles. The maximum absolute atomic E-state index is 13.7. The van der Waals surface area contributed by atoms with E-state index < -0.39 is 17.7 Å². The molecule has 1 aliphatic carbocycles. The molecule has 5 fully saturated rings. The summed E-state index contributed by atoms with van der Waals surface area (Å²) in [7, 11) is 1.61. The van der Waals surface area contributed by atoms with E-state index in [1.807, 2.05) is 4.90 Å². The molecule has 0 radical (unpaired) electrons. The minimum atomic E-state index is -1.33. The van der Waals surface area contributed by atoms with Gasteiger partial charge in [-0.2, -0.15) is 0 Å². The van der Waals surface area contributed by atoms with Gasteiger partial charge in [-0.1, -0.05) is 0 Å². The lowest BCUT2D eigenvalue weighted by molar-refractivity contribution is -0.137. The Morgan fingerprint density at radius 2 is 1.94 bits per heavy atom. The Balaban J connectivity index is 0.000000531. The molecule has 0 aromatic heterocycles. The Bertz CT molecular complexity index is 966. The number of nitrogens with one attached hydrogen (secondary N) is 2. The number of nitrogens with two attached hydrogens (primary N) is 1. The van der Waals surface area contributed by atoms with Gasteiger partial charge in [0, 0.05) is 43.4 Å². The first-order chi connectivity index (χ1) is 15.7. The molecule has 5 atom stereocenters. The van der Waals surface area contributed by atoms with Gasteiger partial charge in [-0.15, -0.1) is 0 Å². The highest BCUT2D eigenvalue weighted by Gasteiger charge is 2.72. The van der Waals surface area contributed by atoms with Gasteiger partial charge in [0.2, 0.25) is 11.6 Å². The number of carbonyl (C=O) groups is 3. The van der Waals surface area contributed by atoms with E-state index in [2.05, 4.69) is 21.3 Å². The van der Waals surface area contributed by atoms with E-state index in [1.54, 1.807) is 14.0 Å². The van der Waals surface area contributed by atoms with E-state index in [4.69, 9.17) is 14.6 Å². The van der Waals surface area contributed by atoms with Crippen molar-refractivity contribution in [3.8, 4) is 0 Å². The third kappa shape index (κ3) is 3.13. The van der Waals surface area contributed by atoms with Crippen molar-refractivity contribution in [1.82, 2.24) is 20.4 Å². The first-order valence-electron chi connectivity index (χ1n) is 11.5. The summed E-state index contributed by atoms with van der Waals surface area (Å²) >= 11 is 0. The molecule has 5 unspecified atom stereocenters. The normalized spacial score (nSPS) is 40.3. The monoisotopic (exact) mass is 461 g/mol. The van der Waals surface area contributed by atoms with Crippen LogP contribution in [-0.4, -0.2) is 101 Å². The maximum Gasteiger partial charge on any atom is 0.402 e. The van der Waals surface area contributed by atoms with Crippen molar-refractivity contribution in [2.45, 2.75) is 43.6 Å². The molecule has 0 saturated carbocycles. The second-order valence-corrected chi connectivity index (χ2v) is 9.70. The predicted molar refractivity (Wildman–Crippen MR) is 116 cm³/mol. The summed E-state index contributed by atoms with van der Waals surface area (Å²) in [6.07, 6.45) is 0.934. The van der Waals surface area contributed by atoms with Crippen LogP contribution in [0.3, 0.4) is 0 Å².